The molecule has 254 valence electrons. The lowest BCUT2D eigenvalue weighted by Gasteiger charge is -2.37. The molecular formula is C47H41BN2O2. The summed E-state index contributed by atoms with van der Waals surface area (Å²) in [5, 5.41) is 0. The number of aromatic nitrogens is 2. The van der Waals surface area contributed by atoms with Crippen molar-refractivity contribution in [2.45, 2.75) is 44.3 Å². The Morgan fingerprint density at radius 1 is 0.423 bits per heavy atom. The number of nitrogens with zero attached hydrogens (tertiary/aromatic N) is 2. The molecule has 0 unspecified atom stereocenters. The van der Waals surface area contributed by atoms with Gasteiger partial charge in [0.2, 0.25) is 0 Å². The fraction of sp³-hybridized carbons (Fsp3) is 0.149. The van der Waals surface area contributed by atoms with E-state index in [1.54, 1.807) is 0 Å². The predicted octanol–water partition coefficient (Wildman–Crippen LogP) is 10.2. The van der Waals surface area contributed by atoms with E-state index in [4.69, 9.17) is 19.3 Å². The van der Waals surface area contributed by atoms with Crippen molar-refractivity contribution in [1.29, 1.82) is 0 Å². The maximum atomic E-state index is 6.43. The molecule has 5 heteroatoms. The second kappa shape index (κ2) is 13.5. The van der Waals surface area contributed by atoms with Crippen LogP contribution in [-0.4, -0.2) is 28.3 Å². The van der Waals surface area contributed by atoms with Crippen LogP contribution in [0.5, 0.6) is 0 Å². The molecule has 1 saturated heterocycles. The monoisotopic (exact) mass is 676 g/mol. The van der Waals surface area contributed by atoms with Crippen molar-refractivity contribution >= 4 is 12.6 Å². The number of hydrogen-bond donors (Lipinski definition) is 0. The first-order valence-electron chi connectivity index (χ1n) is 17.9. The molecule has 1 aliphatic rings. The first kappa shape index (κ1) is 33.5. The minimum Gasteiger partial charge on any atom is -0.399 e. The van der Waals surface area contributed by atoms with Crippen LogP contribution in [0.15, 0.2) is 176 Å². The first-order valence-corrected chi connectivity index (χ1v) is 17.9. The maximum Gasteiger partial charge on any atom is 0.494 e. The van der Waals surface area contributed by atoms with E-state index in [0.29, 0.717) is 5.82 Å². The van der Waals surface area contributed by atoms with Gasteiger partial charge in [-0.15, -0.1) is 0 Å². The SMILES string of the molecule is CC1(C)OB(c2ccc(C(c3ccccc3)(c3ccccc3)c3ccc(-c4cc(-c5ccccc5)nc(-c5ccccc5)n4)cc3)cc2)OC1(C)C. The Kier molecular flexibility index (Phi) is 8.70. The molecule has 4 nitrogen and oxygen atoms in total. The van der Waals surface area contributed by atoms with E-state index in [2.05, 4.69) is 167 Å². The normalized spacial score (nSPS) is 15.0. The van der Waals surface area contributed by atoms with Crippen LogP contribution in [-0.2, 0) is 14.7 Å². The summed E-state index contributed by atoms with van der Waals surface area (Å²) in [5.74, 6) is 0.700. The Labute approximate surface area is 307 Å². The average molecular weight is 677 g/mol. The third-order valence-corrected chi connectivity index (χ3v) is 10.7. The summed E-state index contributed by atoms with van der Waals surface area (Å²) >= 11 is 0. The van der Waals surface area contributed by atoms with Gasteiger partial charge >= 0.3 is 7.12 Å². The Bertz CT molecular complexity index is 2160. The number of benzene rings is 6. The summed E-state index contributed by atoms with van der Waals surface area (Å²) in [4.78, 5) is 10.1. The second-order valence-corrected chi connectivity index (χ2v) is 14.5. The van der Waals surface area contributed by atoms with Gasteiger partial charge in [-0.1, -0.05) is 170 Å². The Balaban J connectivity index is 1.26. The molecule has 0 saturated carbocycles. The average Bonchev–Trinajstić information content (AvgIpc) is 3.42. The van der Waals surface area contributed by atoms with Crippen LogP contribution in [0.2, 0.25) is 0 Å². The van der Waals surface area contributed by atoms with Crippen LogP contribution in [0.4, 0.5) is 0 Å². The van der Waals surface area contributed by atoms with Crippen LogP contribution in [0.25, 0.3) is 33.9 Å². The minimum absolute atomic E-state index is 0.413. The van der Waals surface area contributed by atoms with Gasteiger partial charge in [-0.3, -0.25) is 0 Å². The summed E-state index contributed by atoms with van der Waals surface area (Å²) in [6.07, 6.45) is 0. The van der Waals surface area contributed by atoms with Gasteiger partial charge in [0, 0.05) is 16.7 Å². The highest BCUT2D eigenvalue weighted by Gasteiger charge is 2.51. The molecule has 1 aliphatic heterocycles. The van der Waals surface area contributed by atoms with E-state index in [9.17, 15) is 0 Å². The molecule has 0 atom stereocenters. The fourth-order valence-electron chi connectivity index (χ4n) is 7.20. The minimum atomic E-state index is -0.606. The third-order valence-electron chi connectivity index (χ3n) is 10.7. The maximum absolute atomic E-state index is 6.43. The van der Waals surface area contributed by atoms with Gasteiger partial charge in [-0.2, -0.15) is 0 Å². The van der Waals surface area contributed by atoms with Gasteiger partial charge in [0.25, 0.3) is 0 Å². The van der Waals surface area contributed by atoms with E-state index < -0.39 is 23.7 Å². The lowest BCUT2D eigenvalue weighted by molar-refractivity contribution is 0.00578. The lowest BCUT2D eigenvalue weighted by atomic mass is 9.64. The van der Waals surface area contributed by atoms with Crippen LogP contribution in [0.1, 0.15) is 49.9 Å². The Morgan fingerprint density at radius 3 is 1.25 bits per heavy atom. The van der Waals surface area contributed by atoms with Gasteiger partial charge < -0.3 is 9.31 Å². The molecule has 2 heterocycles. The van der Waals surface area contributed by atoms with E-state index >= 15 is 0 Å². The van der Waals surface area contributed by atoms with Crippen molar-refractivity contribution < 1.29 is 9.31 Å². The zero-order valence-corrected chi connectivity index (χ0v) is 30.0. The molecule has 1 aromatic heterocycles. The second-order valence-electron chi connectivity index (χ2n) is 14.5. The molecular weight excluding hydrogens is 635 g/mol. The summed E-state index contributed by atoms with van der Waals surface area (Å²) in [5.41, 5.74) is 9.04. The molecule has 0 spiro atoms. The summed E-state index contributed by atoms with van der Waals surface area (Å²) < 4.78 is 12.9. The quantitative estimate of drug-likeness (QED) is 0.119. The molecule has 8 rings (SSSR count). The molecule has 0 radical (unpaired) electrons. The van der Waals surface area contributed by atoms with Gasteiger partial charge in [0.1, 0.15) is 0 Å². The van der Waals surface area contributed by atoms with Crippen molar-refractivity contribution in [2.24, 2.45) is 0 Å². The molecule has 52 heavy (non-hydrogen) atoms. The highest BCUT2D eigenvalue weighted by molar-refractivity contribution is 6.62. The van der Waals surface area contributed by atoms with Gasteiger partial charge in [-0.05, 0) is 61.5 Å². The Hall–Kier alpha value is -5.62. The Morgan fingerprint density at radius 2 is 0.788 bits per heavy atom. The lowest BCUT2D eigenvalue weighted by Crippen LogP contribution is -2.41. The van der Waals surface area contributed by atoms with E-state index in [0.717, 1.165) is 44.7 Å². The van der Waals surface area contributed by atoms with Gasteiger partial charge in [0.15, 0.2) is 5.82 Å². The van der Waals surface area contributed by atoms with Crippen LogP contribution in [0.3, 0.4) is 0 Å². The standard InChI is InChI=1S/C47H41BN2O2/c1-45(2)46(3,4)52-48(51-45)41-31-29-40(30-32-41)47(37-21-13-7-14-22-37,38-23-15-8-16-24-38)39-27-25-35(26-28-39)43-33-42(34-17-9-5-10-18-34)49-44(50-43)36-19-11-6-12-20-36/h5-33H,1-4H3. The van der Waals surface area contributed by atoms with Gasteiger partial charge in [0.05, 0.1) is 28.0 Å². The predicted molar refractivity (Wildman–Crippen MR) is 212 cm³/mol. The molecule has 0 amide bonds. The number of rotatable bonds is 8. The number of hydrogen-bond acceptors (Lipinski definition) is 4. The topological polar surface area (TPSA) is 44.2 Å². The summed E-state index contributed by atoms with van der Waals surface area (Å²) in [6.45, 7) is 8.36. The van der Waals surface area contributed by atoms with E-state index in [1.165, 1.54) is 11.1 Å². The van der Waals surface area contributed by atoms with E-state index in [1.807, 2.05) is 36.4 Å². The molecule has 0 aliphatic carbocycles. The summed E-state index contributed by atoms with van der Waals surface area (Å²) in [6, 6.07) is 61.8. The fourth-order valence-corrected chi connectivity index (χ4v) is 7.20. The highest BCUT2D eigenvalue weighted by Crippen LogP contribution is 2.46. The highest BCUT2D eigenvalue weighted by atomic mass is 16.7. The molecule has 1 fully saturated rings. The van der Waals surface area contributed by atoms with Crippen molar-refractivity contribution in [1.82, 2.24) is 9.97 Å². The molecule has 0 N–H and O–H groups in total. The van der Waals surface area contributed by atoms with E-state index in [-0.39, 0.29) is 0 Å². The van der Waals surface area contributed by atoms with Crippen LogP contribution >= 0.6 is 0 Å². The van der Waals surface area contributed by atoms with Gasteiger partial charge in [-0.25, -0.2) is 9.97 Å². The first-order chi connectivity index (χ1) is 25.2. The molecule has 0 bridgehead atoms. The largest absolute Gasteiger partial charge is 0.494 e. The molecule has 7 aromatic rings. The van der Waals surface area contributed by atoms with Crippen LogP contribution in [0, 0.1) is 0 Å². The zero-order chi connectivity index (χ0) is 35.8. The van der Waals surface area contributed by atoms with Crippen molar-refractivity contribution in [3.63, 3.8) is 0 Å². The van der Waals surface area contributed by atoms with Crippen molar-refractivity contribution in [3.05, 3.63) is 198 Å². The summed E-state index contributed by atoms with van der Waals surface area (Å²) in [7, 11) is -0.435. The van der Waals surface area contributed by atoms with Crippen LogP contribution < -0.4 is 5.46 Å². The van der Waals surface area contributed by atoms with Crippen molar-refractivity contribution in [3.8, 4) is 33.9 Å². The third kappa shape index (κ3) is 6.06. The smallest absolute Gasteiger partial charge is 0.399 e. The molecule has 6 aromatic carbocycles. The zero-order valence-electron chi connectivity index (χ0n) is 30.0. The van der Waals surface area contributed by atoms with Crippen molar-refractivity contribution in [2.75, 3.05) is 0 Å².